The first-order valence-corrected chi connectivity index (χ1v) is 5.02. The van der Waals surface area contributed by atoms with Gasteiger partial charge in [-0.05, 0) is 31.5 Å². The van der Waals surface area contributed by atoms with Gasteiger partial charge in [0.25, 0.3) is 5.91 Å². The van der Waals surface area contributed by atoms with E-state index >= 15 is 0 Å². The topological polar surface area (TPSA) is 75.3 Å². The molecule has 4 nitrogen and oxygen atoms in total. The Morgan fingerprint density at radius 3 is 2.88 bits per heavy atom. The van der Waals surface area contributed by atoms with Gasteiger partial charge < -0.3 is 16.2 Å². The summed E-state index contributed by atoms with van der Waals surface area (Å²) in [5, 5.41) is 11.6. The molecule has 0 spiro atoms. The third-order valence-electron chi connectivity index (χ3n) is 2.11. The molecule has 0 aliphatic carbocycles. The number of nitrogens with one attached hydrogen (secondary N) is 1. The summed E-state index contributed by atoms with van der Waals surface area (Å²) in [5.74, 6) is -0.868. The third kappa shape index (κ3) is 3.51. The van der Waals surface area contributed by atoms with E-state index in [4.69, 9.17) is 10.8 Å². The average molecular weight is 226 g/mol. The number of nitrogen functional groups attached to an aromatic ring is 1. The highest BCUT2D eigenvalue weighted by molar-refractivity contribution is 5.94. The van der Waals surface area contributed by atoms with E-state index in [0.717, 1.165) is 6.07 Å². The summed E-state index contributed by atoms with van der Waals surface area (Å²) in [5.41, 5.74) is 5.60. The number of hydrogen-bond acceptors (Lipinski definition) is 3. The average Bonchev–Trinajstić information content (AvgIpc) is 2.21. The van der Waals surface area contributed by atoms with Gasteiger partial charge in [-0.15, -0.1) is 0 Å². The third-order valence-corrected chi connectivity index (χ3v) is 2.11. The Kier molecular flexibility index (Phi) is 4.25. The molecule has 1 atom stereocenters. The molecular weight excluding hydrogens is 211 g/mol. The second kappa shape index (κ2) is 5.46. The first kappa shape index (κ1) is 12.4. The van der Waals surface area contributed by atoms with E-state index < -0.39 is 11.9 Å². The van der Waals surface area contributed by atoms with Crippen LogP contribution in [0.3, 0.4) is 0 Å². The van der Waals surface area contributed by atoms with E-state index in [-0.39, 0.29) is 11.6 Å². The van der Waals surface area contributed by atoms with Crippen molar-refractivity contribution in [3.8, 4) is 0 Å². The van der Waals surface area contributed by atoms with E-state index in [9.17, 15) is 9.18 Å². The lowest BCUT2D eigenvalue weighted by atomic mass is 10.2. The highest BCUT2D eigenvalue weighted by atomic mass is 19.1. The number of hydrogen-bond donors (Lipinski definition) is 3. The van der Waals surface area contributed by atoms with Crippen LogP contribution in [0, 0.1) is 5.82 Å². The smallest absolute Gasteiger partial charge is 0.251 e. The normalized spacial score (nSPS) is 12.2. The van der Waals surface area contributed by atoms with Crippen molar-refractivity contribution in [2.45, 2.75) is 19.4 Å². The zero-order chi connectivity index (χ0) is 12.1. The van der Waals surface area contributed by atoms with Gasteiger partial charge in [0.1, 0.15) is 5.82 Å². The lowest BCUT2D eigenvalue weighted by molar-refractivity contribution is 0.0945. The number of nitrogens with two attached hydrogens (primary N) is 1. The summed E-state index contributed by atoms with van der Waals surface area (Å²) in [4.78, 5) is 11.5. The molecule has 0 bridgehead atoms. The Balaban J connectivity index is 2.56. The van der Waals surface area contributed by atoms with Gasteiger partial charge in [-0.1, -0.05) is 0 Å². The van der Waals surface area contributed by atoms with E-state index in [1.807, 2.05) is 0 Å². The highest BCUT2D eigenvalue weighted by Gasteiger charge is 2.07. The van der Waals surface area contributed by atoms with Crippen LogP contribution in [-0.2, 0) is 0 Å². The van der Waals surface area contributed by atoms with Crippen LogP contribution in [-0.4, -0.2) is 23.7 Å². The van der Waals surface area contributed by atoms with Crippen LogP contribution in [0.1, 0.15) is 23.7 Å². The number of aliphatic hydroxyl groups excluding tert-OH is 1. The van der Waals surface area contributed by atoms with Gasteiger partial charge >= 0.3 is 0 Å². The van der Waals surface area contributed by atoms with Crippen LogP contribution in [0.4, 0.5) is 10.1 Å². The molecule has 0 aromatic heterocycles. The lowest BCUT2D eigenvalue weighted by Gasteiger charge is -2.07. The van der Waals surface area contributed by atoms with E-state index in [2.05, 4.69) is 5.32 Å². The summed E-state index contributed by atoms with van der Waals surface area (Å²) < 4.78 is 12.8. The Morgan fingerprint density at radius 1 is 1.62 bits per heavy atom. The summed E-state index contributed by atoms with van der Waals surface area (Å²) in [6.07, 6.45) is 0.0150. The second-order valence-corrected chi connectivity index (χ2v) is 3.63. The van der Waals surface area contributed by atoms with Crippen molar-refractivity contribution < 1.29 is 14.3 Å². The first-order chi connectivity index (χ1) is 7.50. The molecule has 0 radical (unpaired) electrons. The molecule has 1 rings (SSSR count). The van der Waals surface area contributed by atoms with Crippen molar-refractivity contribution in [2.75, 3.05) is 12.3 Å². The maximum absolute atomic E-state index is 12.8. The number of halogens is 1. The molecule has 0 heterocycles. The van der Waals surface area contributed by atoms with Crippen molar-refractivity contribution in [3.63, 3.8) is 0 Å². The minimum atomic E-state index is -0.541. The van der Waals surface area contributed by atoms with Gasteiger partial charge in [-0.2, -0.15) is 0 Å². The number of carbonyl (C=O) groups is 1. The van der Waals surface area contributed by atoms with Gasteiger partial charge in [0.15, 0.2) is 0 Å². The number of anilines is 1. The molecule has 0 saturated carbocycles. The number of benzene rings is 1. The van der Waals surface area contributed by atoms with Gasteiger partial charge in [0, 0.05) is 12.1 Å². The molecule has 1 unspecified atom stereocenters. The second-order valence-electron chi connectivity index (χ2n) is 3.63. The maximum atomic E-state index is 12.8. The zero-order valence-electron chi connectivity index (χ0n) is 9.03. The van der Waals surface area contributed by atoms with Crippen LogP contribution >= 0.6 is 0 Å². The van der Waals surface area contributed by atoms with E-state index in [1.165, 1.54) is 12.1 Å². The fourth-order valence-corrected chi connectivity index (χ4v) is 1.18. The molecule has 4 N–H and O–H groups in total. The van der Waals surface area contributed by atoms with Gasteiger partial charge in [0.05, 0.1) is 11.8 Å². The van der Waals surface area contributed by atoms with Gasteiger partial charge in [-0.3, -0.25) is 4.79 Å². The summed E-state index contributed by atoms with van der Waals surface area (Å²) >= 11 is 0. The van der Waals surface area contributed by atoms with E-state index in [0.29, 0.717) is 18.5 Å². The summed E-state index contributed by atoms with van der Waals surface area (Å²) in [7, 11) is 0. The first-order valence-electron chi connectivity index (χ1n) is 5.02. The van der Waals surface area contributed by atoms with Crippen molar-refractivity contribution in [3.05, 3.63) is 29.6 Å². The van der Waals surface area contributed by atoms with Crippen LogP contribution in [0.15, 0.2) is 18.2 Å². The van der Waals surface area contributed by atoms with E-state index in [1.54, 1.807) is 6.92 Å². The molecule has 5 heteroatoms. The predicted octanol–water partition coefficient (Wildman–Crippen LogP) is 0.909. The van der Waals surface area contributed by atoms with Crippen molar-refractivity contribution in [2.24, 2.45) is 0 Å². The highest BCUT2D eigenvalue weighted by Crippen LogP contribution is 2.11. The number of aliphatic hydroxyl groups is 1. The summed E-state index contributed by atoms with van der Waals surface area (Å²) in [6.45, 7) is 2.01. The molecule has 16 heavy (non-hydrogen) atoms. The molecule has 0 aliphatic heterocycles. The van der Waals surface area contributed by atoms with Crippen LogP contribution in [0.2, 0.25) is 0 Å². The molecule has 0 aliphatic rings. The van der Waals surface area contributed by atoms with Crippen LogP contribution in [0.5, 0.6) is 0 Å². The Labute approximate surface area is 93.3 Å². The molecule has 1 aromatic carbocycles. The van der Waals surface area contributed by atoms with Crippen molar-refractivity contribution in [1.29, 1.82) is 0 Å². The van der Waals surface area contributed by atoms with Gasteiger partial charge in [0.2, 0.25) is 0 Å². The monoisotopic (exact) mass is 226 g/mol. The van der Waals surface area contributed by atoms with Crippen molar-refractivity contribution in [1.82, 2.24) is 5.32 Å². The quantitative estimate of drug-likeness (QED) is 0.668. The minimum Gasteiger partial charge on any atom is -0.396 e. The lowest BCUT2D eigenvalue weighted by Crippen LogP contribution is -2.26. The standard InChI is InChI=1S/C11H15FN2O2/c1-7(15)4-5-14-11(16)8-2-3-9(12)10(13)6-8/h2-3,6-7,15H,4-5,13H2,1H3,(H,14,16). The van der Waals surface area contributed by atoms with Crippen LogP contribution < -0.4 is 11.1 Å². The Hall–Kier alpha value is -1.62. The Morgan fingerprint density at radius 2 is 2.31 bits per heavy atom. The molecule has 1 amide bonds. The number of rotatable bonds is 4. The summed E-state index contributed by atoms with van der Waals surface area (Å²) in [6, 6.07) is 3.80. The number of carbonyl (C=O) groups excluding carboxylic acids is 1. The molecule has 0 fully saturated rings. The predicted molar refractivity (Wildman–Crippen MR) is 59.4 cm³/mol. The van der Waals surface area contributed by atoms with Crippen molar-refractivity contribution >= 4 is 11.6 Å². The fraction of sp³-hybridized carbons (Fsp3) is 0.364. The van der Waals surface area contributed by atoms with Gasteiger partial charge in [-0.25, -0.2) is 4.39 Å². The van der Waals surface area contributed by atoms with Crippen LogP contribution in [0.25, 0.3) is 0 Å². The zero-order valence-corrected chi connectivity index (χ0v) is 9.03. The minimum absolute atomic E-state index is 0.0526. The SMILES string of the molecule is CC(O)CCNC(=O)c1ccc(F)c(N)c1. The largest absolute Gasteiger partial charge is 0.396 e. The fourth-order valence-electron chi connectivity index (χ4n) is 1.18. The molecule has 88 valence electrons. The molecule has 0 saturated heterocycles. The molecule has 1 aromatic rings. The molecular formula is C11H15FN2O2. The Bertz CT molecular complexity index is 380. The number of amides is 1. The maximum Gasteiger partial charge on any atom is 0.251 e.